The highest BCUT2D eigenvalue weighted by Gasteiger charge is 2.24. The smallest absolute Gasteiger partial charge is 0.193 e. The van der Waals surface area contributed by atoms with Gasteiger partial charge in [-0.25, -0.2) is 0 Å². The van der Waals surface area contributed by atoms with E-state index < -0.39 is 0 Å². The van der Waals surface area contributed by atoms with Gasteiger partial charge >= 0.3 is 0 Å². The van der Waals surface area contributed by atoms with Crippen molar-refractivity contribution in [3.05, 3.63) is 0 Å². The average Bonchev–Trinajstić information content (AvgIpc) is 2.99. The van der Waals surface area contributed by atoms with Crippen LogP contribution in [0.1, 0.15) is 39.5 Å². The van der Waals surface area contributed by atoms with E-state index in [9.17, 15) is 0 Å². The summed E-state index contributed by atoms with van der Waals surface area (Å²) in [6.07, 6.45) is 5.14. The first kappa shape index (κ1) is 22.0. The summed E-state index contributed by atoms with van der Waals surface area (Å²) in [6, 6.07) is 0. The molecule has 142 valence electrons. The van der Waals surface area contributed by atoms with Crippen molar-refractivity contribution in [3.63, 3.8) is 0 Å². The number of methoxy groups -OCH3 is 1. The van der Waals surface area contributed by atoms with Gasteiger partial charge < -0.3 is 19.9 Å². The van der Waals surface area contributed by atoms with E-state index in [0.29, 0.717) is 5.92 Å². The van der Waals surface area contributed by atoms with Crippen molar-refractivity contribution in [3.8, 4) is 0 Å². The fourth-order valence-electron chi connectivity index (χ4n) is 3.79. The molecule has 1 N–H and O–H groups in total. The molecule has 0 aromatic rings. The van der Waals surface area contributed by atoms with Crippen LogP contribution in [-0.4, -0.2) is 75.3 Å². The van der Waals surface area contributed by atoms with Crippen molar-refractivity contribution in [1.29, 1.82) is 0 Å². The van der Waals surface area contributed by atoms with Crippen LogP contribution in [0.2, 0.25) is 0 Å². The van der Waals surface area contributed by atoms with E-state index in [-0.39, 0.29) is 24.0 Å². The van der Waals surface area contributed by atoms with E-state index in [1.54, 1.807) is 7.11 Å². The zero-order valence-electron chi connectivity index (χ0n) is 15.8. The van der Waals surface area contributed by atoms with Crippen LogP contribution >= 0.6 is 24.0 Å². The summed E-state index contributed by atoms with van der Waals surface area (Å²) < 4.78 is 5.30. The molecule has 2 atom stereocenters. The second-order valence-corrected chi connectivity index (χ2v) is 7.19. The zero-order chi connectivity index (χ0) is 16.5. The SMILES string of the molecule is CCNC(=NCCCN1CCCC(C)C1)N1CCC(COC)C1.I. The van der Waals surface area contributed by atoms with E-state index in [2.05, 4.69) is 29.0 Å². The molecular weight excluding hydrogens is 415 g/mol. The van der Waals surface area contributed by atoms with Crippen LogP contribution in [0.25, 0.3) is 0 Å². The number of guanidine groups is 1. The minimum atomic E-state index is 0. The Morgan fingerprint density at radius 2 is 2.08 bits per heavy atom. The summed E-state index contributed by atoms with van der Waals surface area (Å²) in [6.45, 7) is 13.2. The number of aliphatic imine (C=N–C) groups is 1. The van der Waals surface area contributed by atoms with Crippen molar-refractivity contribution < 1.29 is 4.74 Å². The highest BCUT2D eigenvalue weighted by molar-refractivity contribution is 14.0. The van der Waals surface area contributed by atoms with Crippen LogP contribution in [-0.2, 0) is 4.74 Å². The molecule has 0 amide bonds. The van der Waals surface area contributed by atoms with Gasteiger partial charge in [-0.3, -0.25) is 4.99 Å². The molecule has 2 heterocycles. The van der Waals surface area contributed by atoms with Gasteiger partial charge in [0.1, 0.15) is 0 Å². The molecule has 0 aliphatic carbocycles. The van der Waals surface area contributed by atoms with Gasteiger partial charge in [0.05, 0.1) is 6.61 Å². The summed E-state index contributed by atoms with van der Waals surface area (Å²) in [5.41, 5.74) is 0. The Bertz CT molecular complexity index is 367. The minimum Gasteiger partial charge on any atom is -0.384 e. The van der Waals surface area contributed by atoms with E-state index in [1.807, 2.05) is 0 Å². The average molecular weight is 452 g/mol. The molecule has 2 saturated heterocycles. The summed E-state index contributed by atoms with van der Waals surface area (Å²) in [5.74, 6) is 2.61. The second kappa shape index (κ2) is 12.3. The first-order valence-electron chi connectivity index (χ1n) is 9.47. The van der Waals surface area contributed by atoms with Crippen LogP contribution < -0.4 is 5.32 Å². The molecule has 0 spiro atoms. The fraction of sp³-hybridized carbons (Fsp3) is 0.944. The Morgan fingerprint density at radius 1 is 1.25 bits per heavy atom. The number of hydrogen-bond donors (Lipinski definition) is 1. The Morgan fingerprint density at radius 3 is 2.79 bits per heavy atom. The largest absolute Gasteiger partial charge is 0.384 e. The number of nitrogens with zero attached hydrogens (tertiary/aromatic N) is 3. The lowest BCUT2D eigenvalue weighted by molar-refractivity contribution is 0.157. The molecule has 2 fully saturated rings. The Kier molecular flexibility index (Phi) is 11.3. The minimum absolute atomic E-state index is 0. The first-order valence-corrected chi connectivity index (χ1v) is 9.47. The monoisotopic (exact) mass is 452 g/mol. The molecule has 0 bridgehead atoms. The maximum Gasteiger partial charge on any atom is 0.193 e. The van der Waals surface area contributed by atoms with Crippen LogP contribution in [0.3, 0.4) is 0 Å². The molecule has 24 heavy (non-hydrogen) atoms. The number of hydrogen-bond acceptors (Lipinski definition) is 3. The normalized spacial score (nSPS) is 25.6. The van der Waals surface area contributed by atoms with E-state index >= 15 is 0 Å². The van der Waals surface area contributed by atoms with Gasteiger partial charge in [-0.2, -0.15) is 0 Å². The van der Waals surface area contributed by atoms with Gasteiger partial charge in [0, 0.05) is 45.8 Å². The standard InChI is InChI=1S/C18H36N4O.HI/c1-4-19-18(22-12-8-17(14-22)15-23-3)20-9-6-11-21-10-5-7-16(2)13-21;/h16-17H,4-15H2,1-3H3,(H,19,20);1H. The number of halogens is 1. The van der Waals surface area contributed by atoms with Gasteiger partial charge in [-0.15, -0.1) is 24.0 Å². The number of piperidine rings is 1. The molecule has 0 saturated carbocycles. The summed E-state index contributed by atoms with van der Waals surface area (Å²) in [5, 5.41) is 3.45. The van der Waals surface area contributed by atoms with Gasteiger partial charge in [0.2, 0.25) is 0 Å². The highest BCUT2D eigenvalue weighted by atomic mass is 127. The molecule has 5 nitrogen and oxygen atoms in total. The molecule has 0 aromatic carbocycles. The predicted molar refractivity (Wildman–Crippen MR) is 112 cm³/mol. The number of likely N-dealkylation sites (tertiary alicyclic amines) is 2. The van der Waals surface area contributed by atoms with Crippen LogP contribution in [0.4, 0.5) is 0 Å². The highest BCUT2D eigenvalue weighted by Crippen LogP contribution is 2.17. The number of ether oxygens (including phenoxy) is 1. The van der Waals surface area contributed by atoms with Crippen molar-refractivity contribution in [2.75, 3.05) is 59.5 Å². The van der Waals surface area contributed by atoms with Gasteiger partial charge in [0.15, 0.2) is 5.96 Å². The molecule has 2 aliphatic heterocycles. The van der Waals surface area contributed by atoms with E-state index in [1.165, 1.54) is 38.9 Å². The Labute approximate surface area is 165 Å². The van der Waals surface area contributed by atoms with Gasteiger partial charge in [0.25, 0.3) is 0 Å². The first-order chi connectivity index (χ1) is 11.2. The maximum absolute atomic E-state index is 5.30. The van der Waals surface area contributed by atoms with Crippen molar-refractivity contribution in [2.45, 2.75) is 39.5 Å². The fourth-order valence-corrected chi connectivity index (χ4v) is 3.79. The third-order valence-corrected chi connectivity index (χ3v) is 4.96. The summed E-state index contributed by atoms with van der Waals surface area (Å²) >= 11 is 0. The van der Waals surface area contributed by atoms with Crippen molar-refractivity contribution >= 4 is 29.9 Å². The molecule has 0 aromatic heterocycles. The number of rotatable bonds is 7. The molecule has 2 unspecified atom stereocenters. The number of nitrogens with one attached hydrogen (secondary N) is 1. The lowest BCUT2D eigenvalue weighted by atomic mass is 10.0. The summed E-state index contributed by atoms with van der Waals surface area (Å²) in [7, 11) is 1.80. The van der Waals surface area contributed by atoms with Crippen molar-refractivity contribution in [1.82, 2.24) is 15.1 Å². The molecule has 2 aliphatic rings. The zero-order valence-corrected chi connectivity index (χ0v) is 18.1. The molecular formula is C18H37IN4O. The predicted octanol–water partition coefficient (Wildman–Crippen LogP) is 2.66. The van der Waals surface area contributed by atoms with E-state index in [4.69, 9.17) is 9.73 Å². The summed E-state index contributed by atoms with van der Waals surface area (Å²) in [4.78, 5) is 9.87. The molecule has 2 rings (SSSR count). The molecule has 6 heteroatoms. The van der Waals surface area contributed by atoms with Crippen molar-refractivity contribution in [2.24, 2.45) is 16.8 Å². The van der Waals surface area contributed by atoms with Gasteiger partial charge in [-0.1, -0.05) is 6.92 Å². The van der Waals surface area contributed by atoms with Crippen LogP contribution in [0, 0.1) is 11.8 Å². The third kappa shape index (κ3) is 7.44. The van der Waals surface area contributed by atoms with Gasteiger partial charge in [-0.05, 0) is 51.6 Å². The molecule has 0 radical (unpaired) electrons. The lowest BCUT2D eigenvalue weighted by Gasteiger charge is -2.30. The lowest BCUT2D eigenvalue weighted by Crippen LogP contribution is -2.40. The van der Waals surface area contributed by atoms with E-state index in [0.717, 1.165) is 51.1 Å². The topological polar surface area (TPSA) is 40.1 Å². The van der Waals surface area contributed by atoms with Crippen LogP contribution in [0.15, 0.2) is 4.99 Å². The quantitative estimate of drug-likeness (QED) is 0.279. The maximum atomic E-state index is 5.30. The third-order valence-electron chi connectivity index (χ3n) is 4.96. The Balaban J connectivity index is 0.00000288. The van der Waals surface area contributed by atoms with Crippen LogP contribution in [0.5, 0.6) is 0 Å². The second-order valence-electron chi connectivity index (χ2n) is 7.19. The Hall–Kier alpha value is -0.0800.